The molecule has 2 aliphatic carbocycles. The van der Waals surface area contributed by atoms with Crippen LogP contribution in [0.2, 0.25) is 5.02 Å². The number of amides is 5. The van der Waals surface area contributed by atoms with Gasteiger partial charge in [-0.15, -0.1) is 10.2 Å². The van der Waals surface area contributed by atoms with E-state index in [1.54, 1.807) is 49.6 Å². The topological polar surface area (TPSA) is 196 Å². The van der Waals surface area contributed by atoms with Gasteiger partial charge in [0.05, 0.1) is 28.3 Å². The number of aromatic nitrogens is 2. The lowest BCUT2D eigenvalue weighted by atomic mass is 9.49. The Kier molecular flexibility index (Phi) is 12.2. The number of methoxy groups -OCH3 is 1. The fourth-order valence-corrected chi connectivity index (χ4v) is 10.6. The third-order valence-corrected chi connectivity index (χ3v) is 13.9. The highest BCUT2D eigenvalue weighted by atomic mass is 35.5. The van der Waals surface area contributed by atoms with E-state index in [1.165, 1.54) is 0 Å². The Morgan fingerprint density at radius 2 is 1.63 bits per heavy atom. The summed E-state index contributed by atoms with van der Waals surface area (Å²) in [6.07, 6.45) is 3.45. The molecule has 4 heterocycles. The van der Waals surface area contributed by atoms with Gasteiger partial charge in [0.2, 0.25) is 11.8 Å². The molecule has 4 fully saturated rings. The molecule has 17 heteroatoms. The number of rotatable bonds is 14. The number of benzene rings is 2. The summed E-state index contributed by atoms with van der Waals surface area (Å²) in [5, 5.41) is 23.8. The first-order valence-electron chi connectivity index (χ1n) is 21.6. The molecule has 1 atom stereocenters. The molecule has 2 aromatic carbocycles. The first-order chi connectivity index (χ1) is 30.1. The summed E-state index contributed by atoms with van der Waals surface area (Å²) in [6, 6.07) is 14.6. The van der Waals surface area contributed by atoms with Crippen molar-refractivity contribution in [2.75, 3.05) is 44.8 Å². The molecule has 1 aromatic heterocycles. The lowest BCUT2D eigenvalue weighted by Gasteiger charge is -2.63. The van der Waals surface area contributed by atoms with Crippen molar-refractivity contribution >= 4 is 47.0 Å². The van der Waals surface area contributed by atoms with Crippen molar-refractivity contribution in [1.29, 1.82) is 5.26 Å². The standard InChI is InChI=1S/C46H53ClN8O8/c1-45(2)43(46(3,4)44(45)63-30-7-6-27(24-48)34(47)23-30)50-39(57)35-10-12-37(52-51-35)53-16-14-26(15-17-53)25-54(18-19-61-5)28-20-31(21-28)62-29-8-9-32-33(22-29)42(60)55(41(32)59)36-11-13-38(56)49-40(36)58/h6-10,12,22-23,26,28,31,36,43-44H,11,13-21,25H2,1-5H3,(H,50,57)(H,49,56,58). The zero-order chi connectivity index (χ0) is 44.8. The fourth-order valence-electron chi connectivity index (χ4n) is 10.4. The van der Waals surface area contributed by atoms with E-state index in [9.17, 15) is 29.2 Å². The number of nitrogens with zero attached hydrogens (tertiary/aromatic N) is 6. The number of carbonyl (C=O) groups is 5. The predicted octanol–water partition coefficient (Wildman–Crippen LogP) is 4.79. The lowest BCUT2D eigenvalue weighted by molar-refractivity contribution is -0.164. The molecule has 5 amide bonds. The van der Waals surface area contributed by atoms with E-state index in [2.05, 4.69) is 64.4 Å². The minimum Gasteiger partial charge on any atom is -0.490 e. The van der Waals surface area contributed by atoms with Crippen LogP contribution in [0.1, 0.15) is 103 Å². The molecule has 3 aliphatic heterocycles. The van der Waals surface area contributed by atoms with Crippen LogP contribution in [-0.4, -0.2) is 120 Å². The maximum Gasteiger partial charge on any atom is 0.272 e. The SMILES string of the molecule is COCCN(CC1CCN(c2ccc(C(=O)NC3C(C)(C)C(Oc4ccc(C#N)c(Cl)c4)C3(C)C)nn2)CC1)C1CC(Oc2ccc3c(c2)C(=O)N(C2CCC(=O)NC2=O)C3=O)C1. The largest absolute Gasteiger partial charge is 0.490 e. The Bertz CT molecular complexity index is 2320. The maximum absolute atomic E-state index is 13.5. The first kappa shape index (κ1) is 44.0. The smallest absolute Gasteiger partial charge is 0.272 e. The average Bonchev–Trinajstić information content (AvgIpc) is 3.49. The molecular formula is C46H53ClN8O8. The van der Waals surface area contributed by atoms with Gasteiger partial charge >= 0.3 is 0 Å². The Balaban J connectivity index is 0.801. The number of hydrogen-bond acceptors (Lipinski definition) is 13. The number of anilines is 1. The Morgan fingerprint density at radius 3 is 2.29 bits per heavy atom. The normalized spacial score (nSPS) is 25.1. The van der Waals surface area contributed by atoms with E-state index in [0.29, 0.717) is 40.7 Å². The quantitative estimate of drug-likeness (QED) is 0.210. The maximum atomic E-state index is 13.5. The molecule has 0 bridgehead atoms. The van der Waals surface area contributed by atoms with Crippen molar-refractivity contribution in [2.45, 2.75) is 96.6 Å². The molecule has 3 aromatic rings. The predicted molar refractivity (Wildman–Crippen MR) is 230 cm³/mol. The number of piperidine rings is 2. The Labute approximate surface area is 371 Å². The van der Waals surface area contributed by atoms with Crippen molar-refractivity contribution in [3.05, 3.63) is 75.9 Å². The minimum atomic E-state index is -1.02. The van der Waals surface area contributed by atoms with Crippen molar-refractivity contribution in [3.63, 3.8) is 0 Å². The molecule has 0 spiro atoms. The van der Waals surface area contributed by atoms with Gasteiger partial charge < -0.3 is 24.4 Å². The molecule has 5 aliphatic rings. The van der Waals surface area contributed by atoms with Gasteiger partial charge in [0.25, 0.3) is 17.7 Å². The number of imide groups is 2. The highest BCUT2D eigenvalue weighted by molar-refractivity contribution is 6.31. The molecule has 1 unspecified atom stereocenters. The number of nitriles is 1. The van der Waals surface area contributed by atoms with Gasteiger partial charge in [-0.25, -0.2) is 0 Å². The van der Waals surface area contributed by atoms with Gasteiger partial charge in [-0.3, -0.25) is 39.1 Å². The van der Waals surface area contributed by atoms with Crippen LogP contribution in [0, 0.1) is 28.1 Å². The number of hydrogen-bond donors (Lipinski definition) is 2. The van der Waals surface area contributed by atoms with Crippen LogP contribution in [0.3, 0.4) is 0 Å². The van der Waals surface area contributed by atoms with Gasteiger partial charge in [-0.05, 0) is 67.6 Å². The highest BCUT2D eigenvalue weighted by Gasteiger charge is 2.64. The van der Waals surface area contributed by atoms with Crippen molar-refractivity contribution < 1.29 is 38.2 Å². The summed E-state index contributed by atoms with van der Waals surface area (Å²) >= 11 is 6.25. The molecule has 63 heavy (non-hydrogen) atoms. The minimum absolute atomic E-state index is 0.0558. The van der Waals surface area contributed by atoms with Crippen LogP contribution in [0.4, 0.5) is 5.82 Å². The van der Waals surface area contributed by atoms with Crippen LogP contribution in [0.5, 0.6) is 11.5 Å². The van der Waals surface area contributed by atoms with Gasteiger partial charge in [-0.1, -0.05) is 39.3 Å². The second kappa shape index (κ2) is 17.5. The molecule has 0 radical (unpaired) electrons. The average molecular weight is 881 g/mol. The molecule has 16 nitrogen and oxygen atoms in total. The third-order valence-electron chi connectivity index (χ3n) is 13.6. The van der Waals surface area contributed by atoms with Crippen LogP contribution < -0.4 is 25.0 Å². The summed E-state index contributed by atoms with van der Waals surface area (Å²) in [4.78, 5) is 69.6. The number of fused-ring (bicyclic) bond motifs is 1. The second-order valence-electron chi connectivity index (χ2n) is 18.5. The van der Waals surface area contributed by atoms with Gasteiger partial charge in [0, 0.05) is 81.5 Å². The van der Waals surface area contributed by atoms with Crippen LogP contribution in [-0.2, 0) is 14.3 Å². The number of ether oxygens (including phenoxy) is 3. The van der Waals surface area contributed by atoms with E-state index < -0.39 is 40.5 Å². The van der Waals surface area contributed by atoms with Crippen LogP contribution in [0.15, 0.2) is 48.5 Å². The molecule has 8 rings (SSSR count). The summed E-state index contributed by atoms with van der Waals surface area (Å²) < 4.78 is 18.1. The van der Waals surface area contributed by atoms with E-state index in [1.807, 2.05) is 6.07 Å². The summed E-state index contributed by atoms with van der Waals surface area (Å²) in [5.41, 5.74) is 0.229. The molecule has 332 valence electrons. The van der Waals surface area contributed by atoms with E-state index in [4.69, 9.17) is 25.8 Å². The third kappa shape index (κ3) is 8.58. The van der Waals surface area contributed by atoms with Crippen LogP contribution in [0.25, 0.3) is 0 Å². The second-order valence-corrected chi connectivity index (χ2v) is 18.9. The van der Waals surface area contributed by atoms with Crippen LogP contribution >= 0.6 is 11.6 Å². The van der Waals surface area contributed by atoms with Gasteiger partial charge in [0.1, 0.15) is 35.8 Å². The summed E-state index contributed by atoms with van der Waals surface area (Å²) in [7, 11) is 1.71. The molecule has 2 saturated heterocycles. The number of halogens is 1. The number of carbonyl (C=O) groups excluding carboxylic acids is 5. The highest BCUT2D eigenvalue weighted by Crippen LogP contribution is 2.55. The van der Waals surface area contributed by atoms with Gasteiger partial charge in [-0.2, -0.15) is 5.26 Å². The van der Waals surface area contributed by atoms with E-state index in [0.717, 1.165) is 62.6 Å². The zero-order valence-corrected chi connectivity index (χ0v) is 36.9. The summed E-state index contributed by atoms with van der Waals surface area (Å²) in [5.74, 6) is -0.177. The Morgan fingerprint density at radius 1 is 0.937 bits per heavy atom. The lowest BCUT2D eigenvalue weighted by Crippen LogP contribution is -2.74. The van der Waals surface area contributed by atoms with Gasteiger partial charge in [0.15, 0.2) is 11.5 Å². The van der Waals surface area contributed by atoms with E-state index in [-0.39, 0.29) is 53.8 Å². The number of nitrogens with one attached hydrogen (secondary N) is 2. The fraction of sp³-hybridized carbons (Fsp3) is 0.522. The molecule has 2 N–H and O–H groups in total. The molecule has 2 saturated carbocycles. The zero-order valence-electron chi connectivity index (χ0n) is 36.2. The Hall–Kier alpha value is -5.63. The van der Waals surface area contributed by atoms with Crippen molar-refractivity contribution in [1.82, 2.24) is 30.6 Å². The summed E-state index contributed by atoms with van der Waals surface area (Å²) in [6.45, 7) is 12.2. The van der Waals surface area contributed by atoms with Crippen molar-refractivity contribution in [2.24, 2.45) is 16.7 Å². The van der Waals surface area contributed by atoms with E-state index >= 15 is 0 Å². The monoisotopic (exact) mass is 880 g/mol. The first-order valence-corrected chi connectivity index (χ1v) is 22.0. The van der Waals surface area contributed by atoms with Crippen molar-refractivity contribution in [3.8, 4) is 17.6 Å². The molecular weight excluding hydrogens is 828 g/mol.